The van der Waals surface area contributed by atoms with Gasteiger partial charge < -0.3 is 15.6 Å². The Morgan fingerprint density at radius 1 is 1.27 bits per heavy atom. The molecule has 1 aromatic heterocycles. The maximum absolute atomic E-state index is 12.9. The Bertz CT molecular complexity index is 1030. The van der Waals surface area contributed by atoms with Crippen LogP contribution in [0.1, 0.15) is 34.8 Å². The summed E-state index contributed by atoms with van der Waals surface area (Å²) < 4.78 is 0. The van der Waals surface area contributed by atoms with Gasteiger partial charge in [-0.25, -0.2) is 0 Å². The van der Waals surface area contributed by atoms with Crippen LogP contribution in [0.5, 0.6) is 0 Å². The van der Waals surface area contributed by atoms with Crippen molar-refractivity contribution in [3.63, 3.8) is 0 Å². The van der Waals surface area contributed by atoms with Crippen molar-refractivity contribution in [1.29, 1.82) is 5.41 Å². The van der Waals surface area contributed by atoms with Gasteiger partial charge in [0, 0.05) is 53.9 Å². The number of rotatable bonds is 6. The van der Waals surface area contributed by atoms with Crippen molar-refractivity contribution >= 4 is 17.8 Å². The molecule has 3 N–H and O–H groups in total. The van der Waals surface area contributed by atoms with Gasteiger partial charge >= 0.3 is 0 Å². The molecule has 2 aromatic carbocycles. The van der Waals surface area contributed by atoms with Gasteiger partial charge in [-0.1, -0.05) is 23.8 Å². The van der Waals surface area contributed by atoms with Gasteiger partial charge in [-0.05, 0) is 56.0 Å². The van der Waals surface area contributed by atoms with Gasteiger partial charge in [0.25, 0.3) is 5.91 Å². The van der Waals surface area contributed by atoms with Crippen LogP contribution in [0, 0.1) is 18.3 Å². The van der Waals surface area contributed by atoms with Crippen molar-refractivity contribution in [3.8, 4) is 11.1 Å². The number of hydrogen-bond acceptors (Lipinski definition) is 4. The average molecular weight is 402 g/mol. The summed E-state index contributed by atoms with van der Waals surface area (Å²) >= 11 is 0. The van der Waals surface area contributed by atoms with Gasteiger partial charge in [-0.15, -0.1) is 0 Å². The summed E-state index contributed by atoms with van der Waals surface area (Å²) in [6.07, 6.45) is 5.96. The molecule has 1 saturated heterocycles. The highest BCUT2D eigenvalue weighted by Crippen LogP contribution is 2.27. The van der Waals surface area contributed by atoms with Crippen molar-refractivity contribution in [3.05, 3.63) is 71.5 Å². The van der Waals surface area contributed by atoms with E-state index < -0.39 is 0 Å². The zero-order chi connectivity index (χ0) is 21.1. The molecule has 30 heavy (non-hydrogen) atoms. The second kappa shape index (κ2) is 8.53. The molecule has 6 heteroatoms. The van der Waals surface area contributed by atoms with Gasteiger partial charge in [0.05, 0.1) is 6.20 Å². The minimum absolute atomic E-state index is 0.106. The number of aromatic nitrogens is 2. The van der Waals surface area contributed by atoms with Gasteiger partial charge in [-0.2, -0.15) is 5.10 Å². The number of carbonyl (C=O) groups excluding carboxylic acids is 1. The predicted molar refractivity (Wildman–Crippen MR) is 120 cm³/mol. The zero-order valence-electron chi connectivity index (χ0n) is 17.4. The highest BCUT2D eigenvalue weighted by molar-refractivity contribution is 5.94. The number of nitrogens with zero attached hydrogens (tertiary/aromatic N) is 2. The van der Waals surface area contributed by atoms with E-state index in [4.69, 9.17) is 5.41 Å². The monoisotopic (exact) mass is 401 g/mol. The van der Waals surface area contributed by atoms with Crippen LogP contribution in [0.4, 0.5) is 5.69 Å². The topological polar surface area (TPSA) is 84.9 Å². The summed E-state index contributed by atoms with van der Waals surface area (Å²) in [5.41, 5.74) is 5.71. The molecule has 2 heterocycles. The fraction of sp³-hybridized carbons (Fsp3) is 0.292. The van der Waals surface area contributed by atoms with Crippen molar-refractivity contribution in [2.45, 2.75) is 26.3 Å². The Morgan fingerprint density at radius 2 is 2.07 bits per heavy atom. The quantitative estimate of drug-likeness (QED) is 0.537. The van der Waals surface area contributed by atoms with Crippen molar-refractivity contribution in [1.82, 2.24) is 15.1 Å². The maximum atomic E-state index is 12.9. The molecule has 1 amide bonds. The zero-order valence-corrected chi connectivity index (χ0v) is 17.4. The fourth-order valence-corrected chi connectivity index (χ4v) is 4.12. The van der Waals surface area contributed by atoms with E-state index in [0.717, 1.165) is 53.0 Å². The standard InChI is InChI=1S/C24H27N5O/c1-16-3-5-19(6-4-16)24(30)29-15-18(9-17(29)2)12-26-23-8-7-20(10-21(23)11-25)22-13-27-28-14-22/h3-8,10-11,13-14,17-18,25-26H,9,12,15H2,1-2H3,(H,27,28)/t17?,18-/m0/s1. The minimum atomic E-state index is 0.106. The van der Waals surface area contributed by atoms with E-state index >= 15 is 0 Å². The van der Waals surface area contributed by atoms with E-state index in [2.05, 4.69) is 22.4 Å². The fourth-order valence-electron chi connectivity index (χ4n) is 4.12. The third-order valence-electron chi connectivity index (χ3n) is 5.84. The second-order valence-corrected chi connectivity index (χ2v) is 8.09. The van der Waals surface area contributed by atoms with Gasteiger partial charge in [-0.3, -0.25) is 9.89 Å². The number of aryl methyl sites for hydroxylation is 1. The van der Waals surface area contributed by atoms with Gasteiger partial charge in [0.1, 0.15) is 0 Å². The molecule has 2 atom stereocenters. The van der Waals surface area contributed by atoms with Crippen LogP contribution in [-0.2, 0) is 0 Å². The first-order chi connectivity index (χ1) is 14.5. The lowest BCUT2D eigenvalue weighted by Crippen LogP contribution is -2.34. The molecule has 0 saturated carbocycles. The molecule has 1 aliphatic heterocycles. The number of nitrogens with one attached hydrogen (secondary N) is 3. The molecule has 154 valence electrons. The molecule has 1 unspecified atom stereocenters. The summed E-state index contributed by atoms with van der Waals surface area (Å²) in [4.78, 5) is 14.9. The number of aromatic amines is 1. The Balaban J connectivity index is 1.40. The highest BCUT2D eigenvalue weighted by Gasteiger charge is 2.32. The van der Waals surface area contributed by atoms with Crippen LogP contribution in [-0.4, -0.2) is 46.4 Å². The number of anilines is 1. The molecule has 0 aliphatic carbocycles. The van der Waals surface area contributed by atoms with Crippen molar-refractivity contribution in [2.75, 3.05) is 18.4 Å². The second-order valence-electron chi connectivity index (χ2n) is 8.09. The predicted octanol–water partition coefficient (Wildman–Crippen LogP) is 4.35. The van der Waals surface area contributed by atoms with Crippen molar-refractivity contribution < 1.29 is 4.79 Å². The van der Waals surface area contributed by atoms with E-state index in [1.54, 1.807) is 6.20 Å². The lowest BCUT2D eigenvalue weighted by Gasteiger charge is -2.21. The highest BCUT2D eigenvalue weighted by atomic mass is 16.2. The summed E-state index contributed by atoms with van der Waals surface area (Å²) in [7, 11) is 0. The van der Waals surface area contributed by atoms with E-state index in [1.807, 2.05) is 60.5 Å². The smallest absolute Gasteiger partial charge is 0.254 e. The third-order valence-corrected chi connectivity index (χ3v) is 5.84. The molecule has 6 nitrogen and oxygen atoms in total. The number of likely N-dealkylation sites (tertiary alicyclic amines) is 1. The first-order valence-corrected chi connectivity index (χ1v) is 10.3. The maximum Gasteiger partial charge on any atom is 0.254 e. The van der Waals surface area contributed by atoms with Crippen LogP contribution in [0.3, 0.4) is 0 Å². The minimum Gasteiger partial charge on any atom is -0.384 e. The summed E-state index contributed by atoms with van der Waals surface area (Å²) in [5, 5.41) is 18.1. The number of H-pyrrole nitrogens is 1. The first-order valence-electron chi connectivity index (χ1n) is 10.3. The van der Waals surface area contributed by atoms with E-state index in [-0.39, 0.29) is 11.9 Å². The number of benzene rings is 2. The Kier molecular flexibility index (Phi) is 5.65. The van der Waals surface area contributed by atoms with E-state index in [9.17, 15) is 4.79 Å². The van der Waals surface area contributed by atoms with E-state index in [0.29, 0.717) is 5.92 Å². The summed E-state index contributed by atoms with van der Waals surface area (Å²) in [6, 6.07) is 14.0. The Morgan fingerprint density at radius 3 is 2.77 bits per heavy atom. The molecule has 0 radical (unpaired) electrons. The largest absolute Gasteiger partial charge is 0.384 e. The van der Waals surface area contributed by atoms with Crippen molar-refractivity contribution in [2.24, 2.45) is 5.92 Å². The Labute approximate surface area is 176 Å². The van der Waals surface area contributed by atoms with Crippen LogP contribution in [0.25, 0.3) is 11.1 Å². The molecule has 4 rings (SSSR count). The molecule has 0 bridgehead atoms. The number of hydrogen-bond donors (Lipinski definition) is 3. The van der Waals surface area contributed by atoms with E-state index in [1.165, 1.54) is 6.21 Å². The molecule has 1 aliphatic rings. The lowest BCUT2D eigenvalue weighted by molar-refractivity contribution is 0.0743. The average Bonchev–Trinajstić information content (AvgIpc) is 3.42. The normalized spacial score (nSPS) is 18.4. The van der Waals surface area contributed by atoms with Crippen LogP contribution in [0.2, 0.25) is 0 Å². The molecule has 3 aromatic rings. The van der Waals surface area contributed by atoms with Gasteiger partial charge in [0.2, 0.25) is 0 Å². The molecular formula is C24H27N5O. The number of amides is 1. The first kappa shape index (κ1) is 19.9. The number of carbonyl (C=O) groups is 1. The van der Waals surface area contributed by atoms with Crippen LogP contribution in [0.15, 0.2) is 54.9 Å². The third kappa shape index (κ3) is 4.13. The summed E-state index contributed by atoms with van der Waals surface area (Å²) in [6.45, 7) is 5.66. The SMILES string of the molecule is Cc1ccc(C(=O)N2C[C@H](CNc3ccc(-c4cn[nH]c4)cc3C=N)CC2C)cc1. The van der Waals surface area contributed by atoms with Crippen LogP contribution >= 0.6 is 0 Å². The van der Waals surface area contributed by atoms with Gasteiger partial charge in [0.15, 0.2) is 0 Å². The molecule has 0 spiro atoms. The molecule has 1 fully saturated rings. The molecular weight excluding hydrogens is 374 g/mol. The van der Waals surface area contributed by atoms with Crippen LogP contribution < -0.4 is 5.32 Å². The summed E-state index contributed by atoms with van der Waals surface area (Å²) in [5.74, 6) is 0.483. The lowest BCUT2D eigenvalue weighted by atomic mass is 10.0. The Hall–Kier alpha value is -3.41.